The van der Waals surface area contributed by atoms with Crippen LogP contribution in [-0.2, 0) is 35.9 Å². The molecule has 2 N–H and O–H groups in total. The van der Waals surface area contributed by atoms with Gasteiger partial charge in [0.25, 0.3) is 20.2 Å². The maximum absolute atomic E-state index is 12.0. The normalized spacial score (nSPS) is 22.6. The molecule has 242 valence electrons. The lowest BCUT2D eigenvalue weighted by atomic mass is 9.75. The topological polar surface area (TPSA) is 132 Å². The summed E-state index contributed by atoms with van der Waals surface area (Å²) in [4.78, 5) is 12.9. The van der Waals surface area contributed by atoms with Crippen molar-refractivity contribution >= 4 is 43.6 Å². The Labute approximate surface area is 267 Å². The number of unbranched alkanes of at least 4 members (excludes halogenated alkanes) is 1. The summed E-state index contributed by atoms with van der Waals surface area (Å²) in [5.74, 6) is -0.422. The number of para-hydroxylation sites is 1. The van der Waals surface area contributed by atoms with Crippen LogP contribution >= 0.6 is 0 Å². The van der Waals surface area contributed by atoms with Crippen molar-refractivity contribution in [1.29, 1.82) is 0 Å². The van der Waals surface area contributed by atoms with E-state index >= 15 is 0 Å². The molecular formula is C34H43N2O7S2+. The van der Waals surface area contributed by atoms with Gasteiger partial charge in [-0.15, -0.1) is 0 Å². The molecule has 0 aromatic heterocycles. The van der Waals surface area contributed by atoms with Crippen LogP contribution in [0.5, 0.6) is 0 Å². The number of hydrogen-bond donors (Lipinski definition) is 2. The van der Waals surface area contributed by atoms with Gasteiger partial charge in [-0.25, -0.2) is 0 Å². The molecule has 9 nitrogen and oxygen atoms in total. The quantitative estimate of drug-likeness (QED) is 0.0816. The Morgan fingerprint density at radius 2 is 1.60 bits per heavy atom. The van der Waals surface area contributed by atoms with Crippen molar-refractivity contribution in [3.63, 3.8) is 0 Å². The molecule has 0 saturated heterocycles. The van der Waals surface area contributed by atoms with Gasteiger partial charge in [-0.3, -0.25) is 9.11 Å². The number of benzene rings is 2. The maximum Gasteiger partial charge on any atom is 0.294 e. The molecule has 2 aliphatic rings. The van der Waals surface area contributed by atoms with Crippen LogP contribution in [0, 0.1) is 0 Å². The number of carbonyl (C=O) groups excluding carboxylic acids is 1. The molecule has 45 heavy (non-hydrogen) atoms. The third-order valence-corrected chi connectivity index (χ3v) is 10.7. The second-order valence-electron chi connectivity index (χ2n) is 12.0. The van der Waals surface area contributed by atoms with Crippen molar-refractivity contribution in [2.75, 3.05) is 23.7 Å². The summed E-state index contributed by atoms with van der Waals surface area (Å²) < 4.78 is 68.4. The van der Waals surface area contributed by atoms with Crippen LogP contribution in [0.15, 0.2) is 83.4 Å². The minimum Gasteiger partial charge on any atom is -0.344 e. The lowest BCUT2D eigenvalue weighted by molar-refractivity contribution is -0.433. The Kier molecular flexibility index (Phi) is 10.4. The Balaban J connectivity index is 1.71. The van der Waals surface area contributed by atoms with E-state index < -0.39 is 31.4 Å². The zero-order chi connectivity index (χ0) is 33.0. The Bertz CT molecular complexity index is 1790. The van der Waals surface area contributed by atoms with Crippen molar-refractivity contribution in [2.45, 2.75) is 75.5 Å². The molecule has 2 atom stereocenters. The fraction of sp³-hybridized carbons (Fsp3) is 0.412. The Hall–Kier alpha value is -3.38. The zero-order valence-corrected chi connectivity index (χ0v) is 27.9. The molecule has 11 heteroatoms. The summed E-state index contributed by atoms with van der Waals surface area (Å²) in [6, 6.07) is 12.8. The highest BCUT2D eigenvalue weighted by atomic mass is 32.2. The lowest BCUT2D eigenvalue weighted by Crippen LogP contribution is -2.31. The van der Waals surface area contributed by atoms with Gasteiger partial charge in [-0.2, -0.15) is 21.4 Å². The van der Waals surface area contributed by atoms with Crippen LogP contribution in [-0.4, -0.2) is 61.4 Å². The van der Waals surface area contributed by atoms with Gasteiger partial charge in [0, 0.05) is 47.5 Å². The van der Waals surface area contributed by atoms with Crippen molar-refractivity contribution in [2.24, 2.45) is 0 Å². The summed E-state index contributed by atoms with van der Waals surface area (Å²) in [5, 5.41) is 0. The first-order chi connectivity index (χ1) is 21.2. The van der Waals surface area contributed by atoms with Crippen LogP contribution in [0.3, 0.4) is 0 Å². The average molecular weight is 656 g/mol. The first kappa shape index (κ1) is 34.5. The average Bonchev–Trinajstić information content (AvgIpc) is 3.36. The molecule has 4 rings (SSSR count). The highest BCUT2D eigenvalue weighted by Gasteiger charge is 2.46. The molecule has 2 aromatic rings. The highest BCUT2D eigenvalue weighted by Crippen LogP contribution is 2.51. The molecule has 0 amide bonds. The summed E-state index contributed by atoms with van der Waals surface area (Å²) in [7, 11) is -8.64. The van der Waals surface area contributed by atoms with E-state index in [-0.39, 0.29) is 16.7 Å². The highest BCUT2D eigenvalue weighted by molar-refractivity contribution is 7.86. The first-order valence-electron chi connectivity index (χ1n) is 15.3. The van der Waals surface area contributed by atoms with Crippen LogP contribution in [0.25, 0.3) is 0 Å². The number of rotatable bonds is 14. The largest absolute Gasteiger partial charge is 0.344 e. The minimum absolute atomic E-state index is 0.151. The monoisotopic (exact) mass is 655 g/mol. The predicted octanol–water partition coefficient (Wildman–Crippen LogP) is 6.14. The smallest absolute Gasteiger partial charge is 0.294 e. The van der Waals surface area contributed by atoms with Crippen molar-refractivity contribution in [1.82, 2.24) is 0 Å². The number of fused-ring (bicyclic) bond motifs is 2. The number of hydrogen-bond acceptors (Lipinski definition) is 6. The first-order valence-corrected chi connectivity index (χ1v) is 18.3. The second kappa shape index (κ2) is 13.5. The van der Waals surface area contributed by atoms with E-state index in [0.29, 0.717) is 24.9 Å². The number of nitrogens with zero attached hydrogens (tertiary/aromatic N) is 2. The molecular weight excluding hydrogens is 613 g/mol. The molecule has 0 bridgehead atoms. The zero-order valence-electron chi connectivity index (χ0n) is 26.3. The maximum atomic E-state index is 12.0. The standard InChI is InChI=1S/C34H42N2O7S2/c1-5-35-29-16-11-10-15-27(29)33(3,21-12-13-23-37)31(35)17-8-7-9-18-32-34(4,22-14-24-44(38,39)40)28-25-26(45(41,42)43)19-20-30(28)36(32)6-2/h7-11,15-20,23,25H,5-6,12-14,21-22,24H2,1-4H3,(H-,38,39,40,41,42,43)/p+1. The molecule has 2 aromatic carbocycles. The van der Waals surface area contributed by atoms with Crippen LogP contribution in [0.2, 0.25) is 0 Å². The second-order valence-corrected chi connectivity index (χ2v) is 14.9. The summed E-state index contributed by atoms with van der Waals surface area (Å²) in [5.41, 5.74) is 4.83. The number of allylic oxidation sites excluding steroid dienone is 6. The molecule has 0 radical (unpaired) electrons. The third-order valence-electron chi connectivity index (χ3n) is 9.09. The molecule has 0 spiro atoms. The SMILES string of the molecule is CCN1C(=CC=CC=CC2=[N+](CC)c3ccccc3C2(C)CCCC=O)C(C)(CCCS(=O)(=O)O)c2cc(S(=O)(=O)O)ccc21. The molecule has 2 heterocycles. The van der Waals surface area contributed by atoms with E-state index in [1.54, 1.807) is 6.07 Å². The van der Waals surface area contributed by atoms with Crippen LogP contribution < -0.4 is 4.90 Å². The number of likely N-dealkylation sites (N-methyl/N-ethyl adjacent to an activating group) is 1. The fourth-order valence-electron chi connectivity index (χ4n) is 6.92. The molecule has 2 aliphatic heterocycles. The summed E-state index contributed by atoms with van der Waals surface area (Å²) >= 11 is 0. The predicted molar refractivity (Wildman–Crippen MR) is 178 cm³/mol. The van der Waals surface area contributed by atoms with Crippen molar-refractivity contribution in [3.05, 3.63) is 89.7 Å². The Morgan fingerprint density at radius 3 is 2.24 bits per heavy atom. The molecule has 0 fully saturated rings. The molecule has 0 aliphatic carbocycles. The van der Waals surface area contributed by atoms with Gasteiger partial charge >= 0.3 is 0 Å². The van der Waals surface area contributed by atoms with Crippen LogP contribution in [0.1, 0.15) is 70.9 Å². The van der Waals surface area contributed by atoms with Crippen LogP contribution in [0.4, 0.5) is 11.4 Å². The summed E-state index contributed by atoms with van der Waals surface area (Å²) in [6.45, 7) is 9.61. The number of anilines is 1. The van der Waals surface area contributed by atoms with Gasteiger partial charge in [0.2, 0.25) is 5.69 Å². The van der Waals surface area contributed by atoms with Gasteiger partial charge in [0.15, 0.2) is 5.71 Å². The third kappa shape index (κ3) is 7.06. The Morgan fingerprint density at radius 1 is 0.889 bits per heavy atom. The van der Waals surface area contributed by atoms with E-state index in [0.717, 1.165) is 42.8 Å². The van der Waals surface area contributed by atoms with Crippen molar-refractivity contribution in [3.8, 4) is 0 Å². The summed E-state index contributed by atoms with van der Waals surface area (Å²) in [6.07, 6.45) is 13.5. The van der Waals surface area contributed by atoms with Gasteiger partial charge in [0.05, 0.1) is 16.1 Å². The van der Waals surface area contributed by atoms with E-state index in [2.05, 4.69) is 41.5 Å². The number of carbonyl (C=O) groups is 1. The molecule has 0 saturated carbocycles. The van der Waals surface area contributed by atoms with Gasteiger partial charge < -0.3 is 9.69 Å². The van der Waals surface area contributed by atoms with Gasteiger partial charge in [0.1, 0.15) is 12.8 Å². The van der Waals surface area contributed by atoms with E-state index in [1.807, 2.05) is 50.3 Å². The molecule has 2 unspecified atom stereocenters. The van der Waals surface area contributed by atoms with Gasteiger partial charge in [-0.05, 0) is 83.2 Å². The minimum atomic E-state index is -4.46. The van der Waals surface area contributed by atoms with Crippen molar-refractivity contribution < 1.29 is 35.3 Å². The van der Waals surface area contributed by atoms with E-state index in [9.17, 15) is 30.7 Å². The van der Waals surface area contributed by atoms with E-state index in [1.165, 1.54) is 23.4 Å². The lowest BCUT2D eigenvalue weighted by Gasteiger charge is -2.30. The van der Waals surface area contributed by atoms with E-state index in [4.69, 9.17) is 0 Å². The van der Waals surface area contributed by atoms with Gasteiger partial charge in [-0.1, -0.05) is 36.4 Å². The number of aldehydes is 1. The fourth-order valence-corrected chi connectivity index (χ4v) is 7.93.